The largest absolute Gasteiger partial charge is 0.399 e. The maximum Gasteiger partial charge on any atom is 0.390 e. The topological polar surface area (TPSA) is 50.9 Å². The van der Waals surface area contributed by atoms with Crippen LogP contribution in [0.3, 0.4) is 0 Å². The van der Waals surface area contributed by atoms with Gasteiger partial charge in [-0.25, -0.2) is 4.98 Å². The number of nitrogens with two attached hydrogens (primary N) is 1. The Hall–Kier alpha value is -1.17. The first-order valence-electron chi connectivity index (χ1n) is 4.10. The Kier molecular flexibility index (Phi) is 3.62. The number of pyridine rings is 1. The van der Waals surface area contributed by atoms with Crippen LogP contribution in [0.4, 0.5) is 24.7 Å². The van der Waals surface area contributed by atoms with Crippen LogP contribution in [0.1, 0.15) is 6.42 Å². The molecule has 0 saturated carbocycles. The number of nitrogens with one attached hydrogen (secondary N) is 1. The molecule has 0 unspecified atom stereocenters. The zero-order chi connectivity index (χ0) is 11.5. The summed E-state index contributed by atoms with van der Waals surface area (Å²) >= 11 is 5.57. The Morgan fingerprint density at radius 3 is 2.60 bits per heavy atom. The number of anilines is 2. The van der Waals surface area contributed by atoms with Crippen LogP contribution in [0.25, 0.3) is 0 Å². The van der Waals surface area contributed by atoms with E-state index in [1.54, 1.807) is 0 Å². The summed E-state index contributed by atoms with van der Waals surface area (Å²) in [5.74, 6) is 0.240. The van der Waals surface area contributed by atoms with E-state index in [0.717, 1.165) is 0 Å². The number of hydrogen-bond acceptors (Lipinski definition) is 3. The van der Waals surface area contributed by atoms with Crippen molar-refractivity contribution in [3.05, 3.63) is 17.3 Å². The third-order valence-corrected chi connectivity index (χ3v) is 1.72. The van der Waals surface area contributed by atoms with Gasteiger partial charge in [-0.05, 0) is 6.07 Å². The lowest BCUT2D eigenvalue weighted by molar-refractivity contribution is -0.131. The maximum absolute atomic E-state index is 11.8. The molecule has 0 bridgehead atoms. The van der Waals surface area contributed by atoms with Gasteiger partial charge in [-0.3, -0.25) is 0 Å². The highest BCUT2D eigenvalue weighted by atomic mass is 35.5. The van der Waals surface area contributed by atoms with Gasteiger partial charge in [0.05, 0.1) is 6.42 Å². The SMILES string of the molecule is Nc1cc(Cl)nc(NCCC(F)(F)F)c1. The molecule has 0 spiro atoms. The van der Waals surface area contributed by atoms with E-state index in [2.05, 4.69) is 10.3 Å². The van der Waals surface area contributed by atoms with Gasteiger partial charge in [-0.1, -0.05) is 11.6 Å². The predicted octanol–water partition coefficient (Wildman–Crippen LogP) is 2.68. The maximum atomic E-state index is 11.8. The van der Waals surface area contributed by atoms with Gasteiger partial charge in [0.1, 0.15) is 11.0 Å². The second-order valence-corrected chi connectivity index (χ2v) is 3.29. The van der Waals surface area contributed by atoms with Crippen molar-refractivity contribution in [3.63, 3.8) is 0 Å². The van der Waals surface area contributed by atoms with Crippen molar-refractivity contribution in [1.82, 2.24) is 4.98 Å². The molecule has 1 aromatic heterocycles. The van der Waals surface area contributed by atoms with E-state index in [-0.39, 0.29) is 17.5 Å². The average molecular weight is 240 g/mol. The minimum absolute atomic E-state index is 0.143. The molecular weight excluding hydrogens is 231 g/mol. The molecule has 0 aliphatic heterocycles. The quantitative estimate of drug-likeness (QED) is 0.798. The highest BCUT2D eigenvalue weighted by molar-refractivity contribution is 6.29. The van der Waals surface area contributed by atoms with Crippen molar-refractivity contribution in [2.24, 2.45) is 0 Å². The highest BCUT2D eigenvalue weighted by Gasteiger charge is 2.26. The summed E-state index contributed by atoms with van der Waals surface area (Å²) in [6.45, 7) is -0.254. The molecule has 3 nitrogen and oxygen atoms in total. The van der Waals surface area contributed by atoms with Gasteiger partial charge in [0, 0.05) is 18.3 Å². The molecule has 0 fully saturated rings. The van der Waals surface area contributed by atoms with Crippen LogP contribution < -0.4 is 11.1 Å². The minimum atomic E-state index is -4.18. The monoisotopic (exact) mass is 239 g/mol. The van der Waals surface area contributed by atoms with E-state index in [1.807, 2.05) is 0 Å². The molecule has 1 rings (SSSR count). The zero-order valence-corrected chi connectivity index (χ0v) is 8.36. The first-order valence-corrected chi connectivity index (χ1v) is 4.48. The van der Waals surface area contributed by atoms with Crippen molar-refractivity contribution in [1.29, 1.82) is 0 Å². The number of nitrogens with zero attached hydrogens (tertiary/aromatic N) is 1. The van der Waals surface area contributed by atoms with E-state index >= 15 is 0 Å². The molecular formula is C8H9ClF3N3. The molecule has 0 radical (unpaired) electrons. The third kappa shape index (κ3) is 4.73. The van der Waals surface area contributed by atoms with Crippen LogP contribution in [-0.2, 0) is 0 Å². The average Bonchev–Trinajstić information content (AvgIpc) is 1.99. The summed E-state index contributed by atoms with van der Waals surface area (Å²) in [5, 5.41) is 2.63. The summed E-state index contributed by atoms with van der Waals surface area (Å²) in [5.41, 5.74) is 5.78. The normalized spacial score (nSPS) is 11.5. The van der Waals surface area contributed by atoms with Crippen molar-refractivity contribution in [2.45, 2.75) is 12.6 Å². The van der Waals surface area contributed by atoms with Crippen molar-refractivity contribution in [2.75, 3.05) is 17.6 Å². The van der Waals surface area contributed by atoms with Crippen LogP contribution in [0.5, 0.6) is 0 Å². The first kappa shape index (κ1) is 11.9. The van der Waals surface area contributed by atoms with E-state index in [4.69, 9.17) is 17.3 Å². The summed E-state index contributed by atoms with van der Waals surface area (Å²) in [4.78, 5) is 3.76. The fourth-order valence-electron chi connectivity index (χ4n) is 0.940. The Balaban J connectivity index is 2.51. The van der Waals surface area contributed by atoms with Gasteiger partial charge in [0.15, 0.2) is 0 Å². The molecule has 3 N–H and O–H groups in total. The number of alkyl halides is 3. The molecule has 1 aromatic rings. The molecule has 15 heavy (non-hydrogen) atoms. The number of rotatable bonds is 3. The van der Waals surface area contributed by atoms with Crippen LogP contribution in [0.2, 0.25) is 5.15 Å². The molecule has 1 heterocycles. The van der Waals surface area contributed by atoms with Gasteiger partial charge in [-0.15, -0.1) is 0 Å². The smallest absolute Gasteiger partial charge is 0.390 e. The van der Waals surface area contributed by atoms with E-state index in [9.17, 15) is 13.2 Å². The molecule has 0 aromatic carbocycles. The number of halogens is 4. The highest BCUT2D eigenvalue weighted by Crippen LogP contribution is 2.20. The van der Waals surface area contributed by atoms with Crippen molar-refractivity contribution >= 4 is 23.1 Å². The molecule has 0 aliphatic carbocycles. The molecule has 0 aliphatic rings. The molecule has 0 amide bonds. The Bertz CT molecular complexity index is 320. The number of hydrogen-bond donors (Lipinski definition) is 2. The van der Waals surface area contributed by atoms with Gasteiger partial charge in [0.25, 0.3) is 0 Å². The molecule has 0 atom stereocenters. The van der Waals surface area contributed by atoms with Gasteiger partial charge < -0.3 is 11.1 Å². The van der Waals surface area contributed by atoms with Gasteiger partial charge in [-0.2, -0.15) is 13.2 Å². The molecule has 0 saturated heterocycles. The Morgan fingerprint density at radius 2 is 2.07 bits per heavy atom. The fraction of sp³-hybridized carbons (Fsp3) is 0.375. The van der Waals surface area contributed by atoms with Crippen LogP contribution >= 0.6 is 11.6 Å². The van der Waals surface area contributed by atoms with E-state index in [0.29, 0.717) is 5.69 Å². The van der Waals surface area contributed by atoms with Crippen LogP contribution in [-0.4, -0.2) is 17.7 Å². The first-order chi connectivity index (χ1) is 6.87. The van der Waals surface area contributed by atoms with E-state index < -0.39 is 12.6 Å². The summed E-state index contributed by atoms with van der Waals surface area (Å²) < 4.78 is 35.4. The number of nitrogen functional groups attached to an aromatic ring is 1. The summed E-state index contributed by atoms with van der Waals surface area (Å²) in [7, 11) is 0. The van der Waals surface area contributed by atoms with Crippen molar-refractivity contribution < 1.29 is 13.2 Å². The van der Waals surface area contributed by atoms with Crippen molar-refractivity contribution in [3.8, 4) is 0 Å². The standard InChI is InChI=1S/C8H9ClF3N3/c9-6-3-5(13)4-7(15-6)14-2-1-8(10,11)12/h3-4H,1-2H2,(H3,13,14,15). The van der Waals surface area contributed by atoms with Crippen LogP contribution in [0, 0.1) is 0 Å². The Morgan fingerprint density at radius 1 is 1.40 bits per heavy atom. The lowest BCUT2D eigenvalue weighted by Crippen LogP contribution is -2.15. The lowest BCUT2D eigenvalue weighted by atomic mass is 10.3. The second kappa shape index (κ2) is 4.57. The molecule has 7 heteroatoms. The fourth-order valence-corrected chi connectivity index (χ4v) is 1.16. The zero-order valence-electron chi connectivity index (χ0n) is 7.61. The predicted molar refractivity (Wildman–Crippen MR) is 52.8 cm³/mol. The van der Waals surface area contributed by atoms with Crippen LogP contribution in [0.15, 0.2) is 12.1 Å². The van der Waals surface area contributed by atoms with Gasteiger partial charge in [0.2, 0.25) is 0 Å². The Labute approximate surface area is 89.4 Å². The molecule has 84 valence electrons. The minimum Gasteiger partial charge on any atom is -0.399 e. The van der Waals surface area contributed by atoms with E-state index in [1.165, 1.54) is 12.1 Å². The number of aromatic nitrogens is 1. The van der Waals surface area contributed by atoms with Gasteiger partial charge >= 0.3 is 6.18 Å². The lowest BCUT2D eigenvalue weighted by Gasteiger charge is -2.08. The second-order valence-electron chi connectivity index (χ2n) is 2.90. The summed E-state index contributed by atoms with van der Waals surface area (Å²) in [6, 6.07) is 2.83. The summed E-state index contributed by atoms with van der Waals surface area (Å²) in [6.07, 6.45) is -5.11. The third-order valence-electron chi connectivity index (χ3n) is 1.53.